The summed E-state index contributed by atoms with van der Waals surface area (Å²) < 4.78 is 0. The van der Waals surface area contributed by atoms with Crippen molar-refractivity contribution in [3.05, 3.63) is 41.6 Å². The van der Waals surface area contributed by atoms with Gasteiger partial charge in [0.05, 0.1) is 12.0 Å². The number of aromatic nitrogens is 3. The molecule has 1 atom stereocenters. The molecule has 7 nitrogen and oxygen atoms in total. The maximum Gasteiger partial charge on any atom is 0.243 e. The van der Waals surface area contributed by atoms with E-state index in [4.69, 9.17) is 0 Å². The number of nitrogens with zero attached hydrogens (tertiary/aromatic N) is 2. The van der Waals surface area contributed by atoms with Crippen molar-refractivity contribution in [2.75, 3.05) is 25.0 Å². The molecular weight excluding hydrogens is 292 g/mol. The summed E-state index contributed by atoms with van der Waals surface area (Å²) in [6.45, 7) is 4.18. The van der Waals surface area contributed by atoms with Crippen LogP contribution in [0.5, 0.6) is 0 Å². The average molecular weight is 314 g/mol. The molecule has 3 rings (SSSR count). The molecule has 1 aliphatic rings. The van der Waals surface area contributed by atoms with Gasteiger partial charge in [0, 0.05) is 37.9 Å². The van der Waals surface area contributed by atoms with Gasteiger partial charge in [-0.15, -0.1) is 0 Å². The number of fused-ring (bicyclic) bond motifs is 1. The fourth-order valence-electron chi connectivity index (χ4n) is 2.63. The number of pyridine rings is 1. The molecule has 7 heteroatoms. The number of imidazole rings is 1. The molecule has 0 saturated heterocycles. The summed E-state index contributed by atoms with van der Waals surface area (Å²) in [7, 11) is 0. The Morgan fingerprint density at radius 2 is 2.26 bits per heavy atom. The first kappa shape index (κ1) is 15.5. The smallest absolute Gasteiger partial charge is 0.243 e. The fourth-order valence-corrected chi connectivity index (χ4v) is 2.63. The van der Waals surface area contributed by atoms with Crippen LogP contribution in [-0.2, 0) is 11.2 Å². The summed E-state index contributed by atoms with van der Waals surface area (Å²) in [5, 5.41) is 9.42. The zero-order valence-electron chi connectivity index (χ0n) is 13.2. The van der Waals surface area contributed by atoms with Crippen LogP contribution in [0.25, 0.3) is 0 Å². The second-order valence-corrected chi connectivity index (χ2v) is 5.70. The highest BCUT2D eigenvalue weighted by Crippen LogP contribution is 2.18. The first-order chi connectivity index (χ1) is 11.2. The lowest BCUT2D eigenvalue weighted by atomic mass is 10.1. The molecule has 0 radical (unpaired) electrons. The van der Waals surface area contributed by atoms with E-state index in [0.29, 0.717) is 6.54 Å². The molecule has 1 amide bonds. The number of carbonyl (C=O) groups is 1. The van der Waals surface area contributed by atoms with Crippen molar-refractivity contribution in [1.29, 1.82) is 0 Å². The van der Waals surface area contributed by atoms with E-state index < -0.39 is 0 Å². The summed E-state index contributed by atoms with van der Waals surface area (Å²) in [6.07, 6.45) is 5.20. The van der Waals surface area contributed by atoms with E-state index in [1.54, 1.807) is 6.33 Å². The zero-order valence-corrected chi connectivity index (χ0v) is 13.2. The van der Waals surface area contributed by atoms with E-state index in [9.17, 15) is 4.79 Å². The Bertz CT molecular complexity index is 651. The third kappa shape index (κ3) is 3.87. The van der Waals surface area contributed by atoms with Gasteiger partial charge >= 0.3 is 0 Å². The SMILES string of the molecule is Cc1ccc(NCCCNC(=O)[C@@H]2NCCc3[nH]cnc32)nc1. The van der Waals surface area contributed by atoms with E-state index >= 15 is 0 Å². The monoisotopic (exact) mass is 314 g/mol. The molecule has 0 bridgehead atoms. The molecule has 122 valence electrons. The molecule has 3 heterocycles. The van der Waals surface area contributed by atoms with Crippen molar-refractivity contribution in [1.82, 2.24) is 25.6 Å². The molecule has 0 fully saturated rings. The number of carbonyl (C=O) groups excluding carboxylic acids is 1. The van der Waals surface area contributed by atoms with Crippen molar-refractivity contribution in [2.45, 2.75) is 25.8 Å². The van der Waals surface area contributed by atoms with Gasteiger partial charge in [-0.1, -0.05) is 6.07 Å². The van der Waals surface area contributed by atoms with Crippen LogP contribution in [-0.4, -0.2) is 40.5 Å². The van der Waals surface area contributed by atoms with Gasteiger partial charge in [-0.3, -0.25) is 4.79 Å². The second kappa shape index (κ2) is 7.23. The van der Waals surface area contributed by atoms with Crippen LogP contribution in [0.4, 0.5) is 5.82 Å². The van der Waals surface area contributed by atoms with Gasteiger partial charge in [0.2, 0.25) is 5.91 Å². The van der Waals surface area contributed by atoms with Crippen molar-refractivity contribution in [2.24, 2.45) is 0 Å². The van der Waals surface area contributed by atoms with E-state index in [0.717, 1.165) is 48.7 Å². The lowest BCUT2D eigenvalue weighted by Crippen LogP contribution is -2.42. The molecule has 0 saturated carbocycles. The van der Waals surface area contributed by atoms with E-state index in [-0.39, 0.29) is 11.9 Å². The molecule has 0 unspecified atom stereocenters. The highest BCUT2D eigenvalue weighted by atomic mass is 16.2. The van der Waals surface area contributed by atoms with Crippen LogP contribution >= 0.6 is 0 Å². The van der Waals surface area contributed by atoms with E-state index in [1.165, 1.54) is 0 Å². The Morgan fingerprint density at radius 1 is 1.35 bits per heavy atom. The van der Waals surface area contributed by atoms with Gasteiger partial charge in [0.1, 0.15) is 11.9 Å². The third-order valence-corrected chi connectivity index (χ3v) is 3.88. The minimum absolute atomic E-state index is 0.0217. The van der Waals surface area contributed by atoms with Crippen molar-refractivity contribution in [3.63, 3.8) is 0 Å². The van der Waals surface area contributed by atoms with Crippen LogP contribution in [0.2, 0.25) is 0 Å². The van der Waals surface area contributed by atoms with Crippen LogP contribution in [0.1, 0.15) is 29.4 Å². The number of aryl methyl sites for hydroxylation is 1. The van der Waals surface area contributed by atoms with Crippen LogP contribution in [0.3, 0.4) is 0 Å². The van der Waals surface area contributed by atoms with Gasteiger partial charge in [-0.2, -0.15) is 0 Å². The van der Waals surface area contributed by atoms with Crippen molar-refractivity contribution in [3.8, 4) is 0 Å². The summed E-state index contributed by atoms with van der Waals surface area (Å²) in [5.74, 6) is 0.837. The van der Waals surface area contributed by atoms with Gasteiger partial charge in [0.15, 0.2) is 0 Å². The first-order valence-corrected chi connectivity index (χ1v) is 7.94. The summed E-state index contributed by atoms with van der Waals surface area (Å²) >= 11 is 0. The minimum atomic E-state index is -0.350. The Balaban J connectivity index is 1.39. The highest BCUT2D eigenvalue weighted by molar-refractivity contribution is 5.83. The van der Waals surface area contributed by atoms with E-state index in [2.05, 4.69) is 30.9 Å². The second-order valence-electron chi connectivity index (χ2n) is 5.70. The molecular formula is C16H22N6O. The number of amides is 1. The van der Waals surface area contributed by atoms with Gasteiger partial charge in [-0.05, 0) is 25.0 Å². The summed E-state index contributed by atoms with van der Waals surface area (Å²) in [5.41, 5.74) is 3.01. The molecule has 4 N–H and O–H groups in total. The number of H-pyrrole nitrogens is 1. The molecule has 2 aromatic rings. The molecule has 2 aromatic heterocycles. The lowest BCUT2D eigenvalue weighted by Gasteiger charge is -2.22. The largest absolute Gasteiger partial charge is 0.370 e. The van der Waals surface area contributed by atoms with Crippen molar-refractivity contribution >= 4 is 11.7 Å². The molecule has 1 aliphatic heterocycles. The first-order valence-electron chi connectivity index (χ1n) is 7.94. The number of nitrogens with one attached hydrogen (secondary N) is 4. The number of anilines is 1. The Hall–Kier alpha value is -2.41. The Kier molecular flexibility index (Phi) is 4.87. The van der Waals surface area contributed by atoms with Gasteiger partial charge in [0.25, 0.3) is 0 Å². The molecule has 0 aromatic carbocycles. The Labute approximate surface area is 135 Å². The quantitative estimate of drug-likeness (QED) is 0.595. The van der Waals surface area contributed by atoms with Crippen LogP contribution < -0.4 is 16.0 Å². The number of hydrogen-bond donors (Lipinski definition) is 4. The molecule has 0 aliphatic carbocycles. The summed E-state index contributed by atoms with van der Waals surface area (Å²) in [4.78, 5) is 23.9. The van der Waals surface area contributed by atoms with Crippen LogP contribution in [0, 0.1) is 6.92 Å². The Morgan fingerprint density at radius 3 is 3.09 bits per heavy atom. The topological polar surface area (TPSA) is 94.7 Å². The predicted molar refractivity (Wildman–Crippen MR) is 88.1 cm³/mol. The number of hydrogen-bond acceptors (Lipinski definition) is 5. The maximum absolute atomic E-state index is 12.3. The average Bonchev–Trinajstić information content (AvgIpc) is 3.04. The standard InChI is InChI=1S/C16H22N6O/c1-11-3-4-13(20-9-11)17-6-2-7-19-16(23)15-14-12(5-8-18-15)21-10-22-14/h3-4,9-10,15,18H,2,5-8H2,1H3,(H,17,20)(H,19,23)(H,21,22)/t15-/m1/s1. The van der Waals surface area contributed by atoms with E-state index in [1.807, 2.05) is 25.3 Å². The number of rotatable bonds is 6. The lowest BCUT2D eigenvalue weighted by molar-refractivity contribution is -0.123. The predicted octanol–water partition coefficient (Wildman–Crippen LogP) is 0.918. The normalized spacial score (nSPS) is 16.7. The summed E-state index contributed by atoms with van der Waals surface area (Å²) in [6, 6.07) is 3.63. The fraction of sp³-hybridized carbons (Fsp3) is 0.438. The number of aromatic amines is 1. The highest BCUT2D eigenvalue weighted by Gasteiger charge is 2.27. The maximum atomic E-state index is 12.3. The van der Waals surface area contributed by atoms with Gasteiger partial charge in [-0.25, -0.2) is 9.97 Å². The third-order valence-electron chi connectivity index (χ3n) is 3.88. The van der Waals surface area contributed by atoms with Crippen molar-refractivity contribution < 1.29 is 4.79 Å². The molecule has 0 spiro atoms. The molecule has 23 heavy (non-hydrogen) atoms. The van der Waals surface area contributed by atoms with Gasteiger partial charge < -0.3 is 20.9 Å². The minimum Gasteiger partial charge on any atom is -0.370 e. The zero-order chi connectivity index (χ0) is 16.1. The van der Waals surface area contributed by atoms with Crippen LogP contribution in [0.15, 0.2) is 24.7 Å².